The van der Waals surface area contributed by atoms with E-state index < -0.39 is 50.1 Å². The lowest BCUT2D eigenvalue weighted by atomic mass is 9.67. The Hall–Kier alpha value is -4.71. The maximum absolute atomic E-state index is 13.5. The van der Waals surface area contributed by atoms with Crippen molar-refractivity contribution in [2.75, 3.05) is 6.61 Å². The highest BCUT2D eigenvalue weighted by molar-refractivity contribution is 6.09. The molecule has 0 bridgehead atoms. The fourth-order valence-corrected chi connectivity index (χ4v) is 5.86. The largest absolute Gasteiger partial charge is 0.461 e. The smallest absolute Gasteiger partial charge is 0.338 e. The minimum absolute atomic E-state index is 0.0443. The van der Waals surface area contributed by atoms with Crippen molar-refractivity contribution in [2.45, 2.75) is 45.3 Å². The van der Waals surface area contributed by atoms with Crippen molar-refractivity contribution in [1.82, 2.24) is 0 Å². The molecular formula is C29H26N2O10. The van der Waals surface area contributed by atoms with Crippen LogP contribution < -0.4 is 0 Å². The Bertz CT molecular complexity index is 1570. The van der Waals surface area contributed by atoms with Crippen LogP contribution in [0.15, 0.2) is 71.3 Å². The summed E-state index contributed by atoms with van der Waals surface area (Å²) >= 11 is 0. The molecule has 0 heterocycles. The van der Waals surface area contributed by atoms with Gasteiger partial charge in [-0.15, -0.1) is 0 Å². The maximum Gasteiger partial charge on any atom is 0.338 e. The summed E-state index contributed by atoms with van der Waals surface area (Å²) in [6.07, 6.45) is 1.61. The number of non-ortho nitro benzene ring substituents is 2. The maximum atomic E-state index is 13.5. The first-order valence-electron chi connectivity index (χ1n) is 12.8. The van der Waals surface area contributed by atoms with Crippen molar-refractivity contribution in [3.8, 4) is 0 Å². The van der Waals surface area contributed by atoms with Crippen LogP contribution in [0.5, 0.6) is 0 Å². The van der Waals surface area contributed by atoms with Crippen molar-refractivity contribution in [3.63, 3.8) is 0 Å². The normalized spacial score (nSPS) is 25.8. The lowest BCUT2D eigenvalue weighted by Crippen LogP contribution is -2.50. The van der Waals surface area contributed by atoms with Crippen molar-refractivity contribution in [1.29, 1.82) is 0 Å². The van der Waals surface area contributed by atoms with E-state index in [-0.39, 0.29) is 34.7 Å². The number of benzene rings is 2. The van der Waals surface area contributed by atoms with Crippen molar-refractivity contribution in [3.05, 3.63) is 103 Å². The Morgan fingerprint density at radius 3 is 1.88 bits per heavy atom. The number of hydrogen-bond acceptors (Lipinski definition) is 10. The third-order valence-electron chi connectivity index (χ3n) is 8.48. The first-order valence-corrected chi connectivity index (χ1v) is 12.8. The number of Topliss-reactive ketones (excluding diaryl/α,β-unsaturated/α-hetero) is 1. The Balaban J connectivity index is 1.48. The quantitative estimate of drug-likeness (QED) is 0.291. The molecule has 12 nitrogen and oxygen atoms in total. The van der Waals surface area contributed by atoms with Gasteiger partial charge in [0.1, 0.15) is 18.3 Å². The molecule has 1 fully saturated rings. The molecule has 212 valence electrons. The average Bonchev–Trinajstić information content (AvgIpc) is 3.71. The van der Waals surface area contributed by atoms with Crippen LogP contribution in [0.2, 0.25) is 0 Å². The van der Waals surface area contributed by atoms with Gasteiger partial charge in [0, 0.05) is 40.8 Å². The van der Waals surface area contributed by atoms with E-state index in [2.05, 4.69) is 0 Å². The van der Waals surface area contributed by atoms with Gasteiger partial charge in [-0.05, 0) is 57.9 Å². The summed E-state index contributed by atoms with van der Waals surface area (Å²) in [6.45, 7) is 4.59. The molecule has 5 rings (SSSR count). The predicted octanol–water partition coefficient (Wildman–Crippen LogP) is 4.26. The number of ketones is 1. The number of aliphatic hydroxyl groups is 1. The Morgan fingerprint density at radius 1 is 0.927 bits per heavy atom. The minimum atomic E-state index is -1.67. The number of nitro groups is 2. The fraction of sp³-hybridized carbons (Fsp3) is 0.345. The second-order valence-electron chi connectivity index (χ2n) is 11.1. The number of nitro benzene ring substituents is 2. The highest BCUT2D eigenvalue weighted by Crippen LogP contribution is 2.65. The number of ether oxygens (including phenoxy) is 2. The number of carbonyl (C=O) groups is 3. The molecule has 0 aliphatic heterocycles. The van der Waals surface area contributed by atoms with Crippen LogP contribution in [0, 0.1) is 31.1 Å². The minimum Gasteiger partial charge on any atom is -0.461 e. The van der Waals surface area contributed by atoms with Crippen LogP contribution >= 0.6 is 0 Å². The lowest BCUT2D eigenvalue weighted by Gasteiger charge is -2.40. The van der Waals surface area contributed by atoms with Gasteiger partial charge >= 0.3 is 11.9 Å². The summed E-state index contributed by atoms with van der Waals surface area (Å²) < 4.78 is 11.5. The summed E-state index contributed by atoms with van der Waals surface area (Å²) in [6, 6.07) is 9.72. The number of esters is 2. The molecule has 41 heavy (non-hydrogen) atoms. The molecule has 3 aliphatic rings. The Morgan fingerprint density at radius 2 is 1.41 bits per heavy atom. The summed E-state index contributed by atoms with van der Waals surface area (Å²) in [5.74, 6) is -2.10. The second-order valence-corrected chi connectivity index (χ2v) is 11.1. The van der Waals surface area contributed by atoms with Gasteiger partial charge in [0.2, 0.25) is 0 Å². The zero-order valence-corrected chi connectivity index (χ0v) is 22.4. The molecule has 1 saturated carbocycles. The van der Waals surface area contributed by atoms with E-state index in [1.807, 2.05) is 0 Å². The predicted molar refractivity (Wildman–Crippen MR) is 142 cm³/mol. The number of nitrogens with zero attached hydrogens (tertiary/aromatic N) is 2. The molecule has 1 N–H and O–H groups in total. The number of rotatable bonds is 7. The molecular weight excluding hydrogens is 536 g/mol. The van der Waals surface area contributed by atoms with Gasteiger partial charge in [0.25, 0.3) is 11.4 Å². The number of fused-ring (bicyclic) bond motifs is 1. The summed E-state index contributed by atoms with van der Waals surface area (Å²) in [5, 5.41) is 33.2. The first-order chi connectivity index (χ1) is 19.2. The summed E-state index contributed by atoms with van der Waals surface area (Å²) in [7, 11) is 0. The summed E-state index contributed by atoms with van der Waals surface area (Å²) in [5.41, 5.74) is -2.65. The van der Waals surface area contributed by atoms with Gasteiger partial charge < -0.3 is 14.6 Å². The van der Waals surface area contributed by atoms with E-state index in [0.717, 1.165) is 0 Å². The van der Waals surface area contributed by atoms with E-state index in [1.165, 1.54) is 55.5 Å². The van der Waals surface area contributed by atoms with Gasteiger partial charge in [-0.25, -0.2) is 9.59 Å². The van der Waals surface area contributed by atoms with Crippen LogP contribution in [0.1, 0.15) is 54.3 Å². The fourth-order valence-electron chi connectivity index (χ4n) is 5.86. The second kappa shape index (κ2) is 9.44. The molecule has 1 spiro atoms. The van der Waals surface area contributed by atoms with E-state index in [9.17, 15) is 39.7 Å². The van der Waals surface area contributed by atoms with Gasteiger partial charge in [0.05, 0.1) is 26.4 Å². The van der Waals surface area contributed by atoms with Crippen molar-refractivity contribution in [2.24, 2.45) is 10.8 Å². The SMILES string of the molecule is CC1=C2C(=C[C@@](C)(COC(=O)c3ccc([N+](=O)[O-])cc3)C2OC(=O)c2ccc([N+](=O)[O-])cc2)C(=O)[C@](C)(O)C12CC2. The van der Waals surface area contributed by atoms with Crippen molar-refractivity contribution >= 4 is 29.1 Å². The van der Waals surface area contributed by atoms with Crippen LogP contribution in [0.4, 0.5) is 11.4 Å². The van der Waals surface area contributed by atoms with Crippen LogP contribution in [-0.4, -0.2) is 51.0 Å². The van der Waals surface area contributed by atoms with Gasteiger partial charge in [-0.2, -0.15) is 0 Å². The van der Waals surface area contributed by atoms with Crippen LogP contribution in [0.3, 0.4) is 0 Å². The standard InChI is InChI=1S/C29H26N2O10/c1-16-22-21(23(32)28(3,35)29(16)12-13-29)14-27(2,15-40-25(33)17-4-8-19(9-5-17)30(36)37)24(22)41-26(34)18-6-10-20(11-7-18)31(38)39/h4-11,14,24,35H,12-13,15H2,1-3H3/t24?,27-,28-/m0/s1. The van der Waals surface area contributed by atoms with Gasteiger partial charge in [-0.1, -0.05) is 11.6 Å². The average molecular weight is 563 g/mol. The molecule has 0 amide bonds. The van der Waals surface area contributed by atoms with E-state index in [1.54, 1.807) is 19.9 Å². The van der Waals surface area contributed by atoms with Crippen LogP contribution in [0.25, 0.3) is 0 Å². The lowest BCUT2D eigenvalue weighted by molar-refractivity contribution is -0.385. The molecule has 0 aromatic heterocycles. The van der Waals surface area contributed by atoms with Crippen molar-refractivity contribution < 1.29 is 38.8 Å². The van der Waals surface area contributed by atoms with Crippen LogP contribution in [-0.2, 0) is 14.3 Å². The molecule has 0 saturated heterocycles. The third kappa shape index (κ3) is 4.40. The molecule has 3 atom stereocenters. The molecule has 3 aliphatic carbocycles. The topological polar surface area (TPSA) is 176 Å². The van der Waals surface area contributed by atoms with Gasteiger partial charge in [-0.3, -0.25) is 25.0 Å². The number of carbonyl (C=O) groups excluding carboxylic acids is 3. The molecule has 12 heteroatoms. The molecule has 1 unspecified atom stereocenters. The Labute approximate surface area is 233 Å². The van der Waals surface area contributed by atoms with E-state index in [0.29, 0.717) is 24.0 Å². The molecule has 0 radical (unpaired) electrons. The number of hydrogen-bond donors (Lipinski definition) is 1. The van der Waals surface area contributed by atoms with E-state index >= 15 is 0 Å². The highest BCUT2D eigenvalue weighted by atomic mass is 16.6. The summed E-state index contributed by atoms with van der Waals surface area (Å²) in [4.78, 5) is 60.4. The third-order valence-corrected chi connectivity index (χ3v) is 8.48. The monoisotopic (exact) mass is 562 g/mol. The zero-order valence-electron chi connectivity index (χ0n) is 22.4. The Kier molecular flexibility index (Phi) is 6.41. The molecule has 2 aromatic rings. The van der Waals surface area contributed by atoms with Gasteiger partial charge in [0.15, 0.2) is 5.78 Å². The first kappa shape index (κ1) is 27.8. The zero-order chi connectivity index (χ0) is 29.9. The highest BCUT2D eigenvalue weighted by Gasteiger charge is 2.67. The van der Waals surface area contributed by atoms with E-state index in [4.69, 9.17) is 9.47 Å². The molecule has 2 aromatic carbocycles.